The Labute approximate surface area is 88.0 Å². The molecular formula is C11H15F2NO. The van der Waals surface area contributed by atoms with Crippen molar-refractivity contribution in [1.29, 1.82) is 0 Å². The van der Waals surface area contributed by atoms with E-state index in [9.17, 15) is 8.78 Å². The largest absolute Gasteiger partial charge is 0.490 e. The third-order valence-corrected chi connectivity index (χ3v) is 2.02. The van der Waals surface area contributed by atoms with Crippen LogP contribution >= 0.6 is 0 Å². The lowest BCUT2D eigenvalue weighted by molar-refractivity contribution is 0.286. The van der Waals surface area contributed by atoms with Crippen LogP contribution in [0.3, 0.4) is 0 Å². The van der Waals surface area contributed by atoms with E-state index in [-0.39, 0.29) is 5.75 Å². The molecule has 2 nitrogen and oxygen atoms in total. The monoisotopic (exact) mass is 215 g/mol. The smallest absolute Gasteiger partial charge is 0.200 e. The van der Waals surface area contributed by atoms with E-state index in [1.54, 1.807) is 0 Å². The van der Waals surface area contributed by atoms with Crippen LogP contribution in [0.2, 0.25) is 0 Å². The summed E-state index contributed by atoms with van der Waals surface area (Å²) < 4.78 is 30.9. The van der Waals surface area contributed by atoms with Gasteiger partial charge in [-0.15, -0.1) is 0 Å². The molecule has 0 atom stereocenters. The lowest BCUT2D eigenvalue weighted by Gasteiger charge is -2.06. The van der Waals surface area contributed by atoms with Crippen molar-refractivity contribution >= 4 is 0 Å². The maximum atomic E-state index is 13.1. The average Bonchev–Trinajstić information content (AvgIpc) is 2.24. The first-order chi connectivity index (χ1) is 7.25. The highest BCUT2D eigenvalue weighted by Gasteiger charge is 2.07. The molecule has 2 N–H and O–H groups in total. The van der Waals surface area contributed by atoms with E-state index < -0.39 is 11.6 Å². The second-order valence-corrected chi connectivity index (χ2v) is 3.25. The van der Waals surface area contributed by atoms with Crippen molar-refractivity contribution in [2.24, 2.45) is 5.73 Å². The number of ether oxygens (including phenoxy) is 1. The van der Waals surface area contributed by atoms with Gasteiger partial charge in [0.15, 0.2) is 11.6 Å². The maximum Gasteiger partial charge on any atom is 0.200 e. The van der Waals surface area contributed by atoms with Crippen LogP contribution in [0.1, 0.15) is 19.3 Å². The fraction of sp³-hybridized carbons (Fsp3) is 0.455. The summed E-state index contributed by atoms with van der Waals surface area (Å²) in [5.74, 6) is -1.83. The molecule has 0 fully saturated rings. The molecule has 15 heavy (non-hydrogen) atoms. The summed E-state index contributed by atoms with van der Waals surface area (Å²) in [4.78, 5) is 0. The van der Waals surface area contributed by atoms with Crippen LogP contribution in [0.15, 0.2) is 18.2 Å². The minimum Gasteiger partial charge on any atom is -0.490 e. The van der Waals surface area contributed by atoms with Crippen LogP contribution < -0.4 is 10.5 Å². The molecule has 0 spiro atoms. The van der Waals surface area contributed by atoms with E-state index in [1.807, 2.05) is 0 Å². The van der Waals surface area contributed by atoms with Crippen molar-refractivity contribution in [1.82, 2.24) is 0 Å². The second-order valence-electron chi connectivity index (χ2n) is 3.25. The van der Waals surface area contributed by atoms with Gasteiger partial charge in [-0.2, -0.15) is 4.39 Å². The SMILES string of the molecule is NCCCCCOc1cccc(F)c1F. The number of halogens is 2. The minimum atomic E-state index is -0.920. The van der Waals surface area contributed by atoms with Crippen molar-refractivity contribution in [3.63, 3.8) is 0 Å². The first-order valence-corrected chi connectivity index (χ1v) is 5.02. The number of unbranched alkanes of at least 4 members (excludes halogenated alkanes) is 2. The maximum absolute atomic E-state index is 13.1. The van der Waals surface area contributed by atoms with E-state index in [1.165, 1.54) is 12.1 Å². The summed E-state index contributed by atoms with van der Waals surface area (Å²) in [5, 5.41) is 0. The summed E-state index contributed by atoms with van der Waals surface area (Å²) in [7, 11) is 0. The summed E-state index contributed by atoms with van der Waals surface area (Å²) in [6.07, 6.45) is 2.66. The molecule has 0 bridgehead atoms. The molecule has 1 aromatic carbocycles. The Morgan fingerprint density at radius 1 is 1.13 bits per heavy atom. The summed E-state index contributed by atoms with van der Waals surface area (Å²) in [5.41, 5.74) is 5.32. The molecule has 1 rings (SSSR count). The van der Waals surface area contributed by atoms with E-state index in [4.69, 9.17) is 10.5 Å². The van der Waals surface area contributed by atoms with Gasteiger partial charge < -0.3 is 10.5 Å². The fourth-order valence-corrected chi connectivity index (χ4v) is 1.20. The van der Waals surface area contributed by atoms with E-state index >= 15 is 0 Å². The van der Waals surface area contributed by atoms with Gasteiger partial charge in [0.25, 0.3) is 0 Å². The normalized spacial score (nSPS) is 10.3. The molecule has 84 valence electrons. The zero-order chi connectivity index (χ0) is 11.1. The van der Waals surface area contributed by atoms with Gasteiger partial charge in [0, 0.05) is 0 Å². The predicted octanol–water partition coefficient (Wildman–Crippen LogP) is 2.47. The molecular weight excluding hydrogens is 200 g/mol. The van der Waals surface area contributed by atoms with Gasteiger partial charge in [-0.25, -0.2) is 4.39 Å². The Kier molecular flexibility index (Phi) is 5.04. The van der Waals surface area contributed by atoms with Gasteiger partial charge in [0.05, 0.1) is 6.61 Å². The van der Waals surface area contributed by atoms with E-state index in [0.717, 1.165) is 25.3 Å². The van der Waals surface area contributed by atoms with E-state index in [0.29, 0.717) is 13.2 Å². The quantitative estimate of drug-likeness (QED) is 0.740. The van der Waals surface area contributed by atoms with E-state index in [2.05, 4.69) is 0 Å². The lowest BCUT2D eigenvalue weighted by Crippen LogP contribution is -2.03. The van der Waals surface area contributed by atoms with Crippen LogP contribution in [-0.2, 0) is 0 Å². The van der Waals surface area contributed by atoms with Crippen LogP contribution in [0.5, 0.6) is 5.75 Å². The molecule has 0 unspecified atom stereocenters. The molecule has 0 amide bonds. The van der Waals surface area contributed by atoms with Gasteiger partial charge >= 0.3 is 0 Å². The first-order valence-electron chi connectivity index (χ1n) is 5.02. The summed E-state index contributed by atoms with van der Waals surface area (Å²) in [6.45, 7) is 1.04. The topological polar surface area (TPSA) is 35.2 Å². The highest BCUT2D eigenvalue weighted by atomic mass is 19.2. The van der Waals surface area contributed by atoms with Crippen LogP contribution in [-0.4, -0.2) is 13.2 Å². The number of hydrogen-bond acceptors (Lipinski definition) is 2. The molecule has 0 saturated carbocycles. The van der Waals surface area contributed by atoms with Crippen molar-refractivity contribution in [2.45, 2.75) is 19.3 Å². The highest BCUT2D eigenvalue weighted by molar-refractivity contribution is 5.24. The Bertz CT molecular complexity index is 305. The van der Waals surface area contributed by atoms with Gasteiger partial charge in [-0.05, 0) is 37.9 Å². The van der Waals surface area contributed by atoms with Gasteiger partial charge in [-0.1, -0.05) is 6.07 Å². The molecule has 0 aliphatic rings. The number of hydrogen-bond donors (Lipinski definition) is 1. The molecule has 0 aliphatic carbocycles. The van der Waals surface area contributed by atoms with Crippen molar-refractivity contribution in [3.8, 4) is 5.75 Å². The van der Waals surface area contributed by atoms with Crippen molar-refractivity contribution in [3.05, 3.63) is 29.8 Å². The summed E-state index contributed by atoms with van der Waals surface area (Å²) in [6, 6.07) is 3.91. The predicted molar refractivity (Wildman–Crippen MR) is 54.8 cm³/mol. The number of nitrogens with two attached hydrogens (primary N) is 1. The third-order valence-electron chi connectivity index (χ3n) is 2.02. The standard InChI is InChI=1S/C11H15F2NO/c12-9-5-4-6-10(11(9)13)15-8-3-1-2-7-14/h4-6H,1-3,7-8,14H2. The molecule has 1 aromatic rings. The average molecular weight is 215 g/mol. The molecule has 0 aromatic heterocycles. The third kappa shape index (κ3) is 3.83. The summed E-state index contributed by atoms with van der Waals surface area (Å²) >= 11 is 0. The number of benzene rings is 1. The number of rotatable bonds is 6. The van der Waals surface area contributed by atoms with Crippen LogP contribution in [0.25, 0.3) is 0 Å². The minimum absolute atomic E-state index is 0.0252. The fourth-order valence-electron chi connectivity index (χ4n) is 1.20. The second kappa shape index (κ2) is 6.35. The molecule has 0 heterocycles. The molecule has 0 saturated heterocycles. The highest BCUT2D eigenvalue weighted by Crippen LogP contribution is 2.19. The zero-order valence-corrected chi connectivity index (χ0v) is 8.51. The Hall–Kier alpha value is -1.16. The van der Waals surface area contributed by atoms with Crippen LogP contribution in [0, 0.1) is 11.6 Å². The molecule has 0 radical (unpaired) electrons. The zero-order valence-electron chi connectivity index (χ0n) is 8.51. The van der Waals surface area contributed by atoms with Gasteiger partial charge in [0.2, 0.25) is 5.82 Å². The van der Waals surface area contributed by atoms with Crippen LogP contribution in [0.4, 0.5) is 8.78 Å². The Morgan fingerprint density at radius 3 is 2.67 bits per heavy atom. The lowest BCUT2D eigenvalue weighted by atomic mass is 10.2. The van der Waals surface area contributed by atoms with Gasteiger partial charge in [-0.3, -0.25) is 0 Å². The first kappa shape index (κ1) is 11.9. The molecule has 4 heteroatoms. The van der Waals surface area contributed by atoms with Crippen molar-refractivity contribution < 1.29 is 13.5 Å². The van der Waals surface area contributed by atoms with Crippen molar-refractivity contribution in [2.75, 3.05) is 13.2 Å². The Morgan fingerprint density at radius 2 is 1.93 bits per heavy atom. The Balaban J connectivity index is 2.34. The van der Waals surface area contributed by atoms with Gasteiger partial charge in [0.1, 0.15) is 0 Å². The molecule has 0 aliphatic heterocycles.